The summed E-state index contributed by atoms with van der Waals surface area (Å²) in [6.45, 7) is 2.87. The van der Waals surface area contributed by atoms with Crippen molar-refractivity contribution < 1.29 is 4.79 Å². The number of nitrogens with one attached hydrogen (secondary N) is 1. The average Bonchev–Trinajstić information content (AvgIpc) is 3.04. The highest BCUT2D eigenvalue weighted by Crippen LogP contribution is 2.30. The first-order valence-electron chi connectivity index (χ1n) is 7.88. The second-order valence-corrected chi connectivity index (χ2v) is 6.73. The van der Waals surface area contributed by atoms with Gasteiger partial charge in [-0.05, 0) is 30.2 Å². The van der Waals surface area contributed by atoms with Gasteiger partial charge in [0, 0.05) is 31.1 Å². The molecule has 0 spiro atoms. The lowest BCUT2D eigenvalue weighted by atomic mass is 10.1. The molecular weight excluding hydrogens is 320 g/mol. The second kappa shape index (κ2) is 6.97. The molecule has 5 nitrogen and oxygen atoms in total. The van der Waals surface area contributed by atoms with Gasteiger partial charge in [0.25, 0.3) is 5.91 Å². The lowest BCUT2D eigenvalue weighted by Gasteiger charge is -2.19. The van der Waals surface area contributed by atoms with Crippen LogP contribution in [-0.4, -0.2) is 30.0 Å². The second-order valence-electron chi connectivity index (χ2n) is 5.61. The fourth-order valence-corrected chi connectivity index (χ4v) is 3.56. The van der Waals surface area contributed by atoms with Gasteiger partial charge >= 0.3 is 0 Å². The fraction of sp³-hybridized carbons (Fsp3) is 0.278. The number of aryl methyl sites for hydroxylation is 1. The largest absolute Gasteiger partial charge is 0.355 e. The van der Waals surface area contributed by atoms with E-state index in [-0.39, 0.29) is 5.91 Å². The zero-order valence-corrected chi connectivity index (χ0v) is 14.9. The normalized spacial score (nSPS) is 10.8. The number of nitrogens with zero attached hydrogens (tertiary/aromatic N) is 3. The summed E-state index contributed by atoms with van der Waals surface area (Å²) < 4.78 is 0. The number of hydrogen-bond donors (Lipinski definition) is 1. The van der Waals surface area contributed by atoms with Crippen molar-refractivity contribution in [2.75, 3.05) is 19.0 Å². The van der Waals surface area contributed by atoms with Crippen LogP contribution in [-0.2, 0) is 13.0 Å². The summed E-state index contributed by atoms with van der Waals surface area (Å²) >= 11 is 1.72. The number of carbonyl (C=O) groups excluding carboxylic acids is 1. The number of anilines is 1. The van der Waals surface area contributed by atoms with E-state index in [2.05, 4.69) is 33.2 Å². The molecule has 1 amide bonds. The van der Waals surface area contributed by atoms with Crippen LogP contribution in [0, 0.1) is 0 Å². The SMILES string of the molecule is CCc1cc2c(N(C)Cc3ccc(C(=O)NC)cc3)ncnc2s1. The Kier molecular flexibility index (Phi) is 4.76. The highest BCUT2D eigenvalue weighted by Gasteiger charge is 2.12. The number of fused-ring (bicyclic) bond motifs is 1. The number of aromatic nitrogens is 2. The minimum absolute atomic E-state index is 0.0715. The number of benzene rings is 1. The standard InChI is InChI=1S/C18H20N4OS/c1-4-14-9-15-16(20-11-21-18(15)24-14)22(3)10-12-5-7-13(8-6-12)17(23)19-2/h5-9,11H,4,10H2,1-3H3,(H,19,23). The maximum Gasteiger partial charge on any atom is 0.251 e. The first kappa shape index (κ1) is 16.4. The molecule has 0 aliphatic carbocycles. The molecule has 0 bridgehead atoms. The monoisotopic (exact) mass is 340 g/mol. The van der Waals surface area contributed by atoms with Crippen molar-refractivity contribution in [3.63, 3.8) is 0 Å². The van der Waals surface area contributed by atoms with Crippen molar-refractivity contribution >= 4 is 33.3 Å². The van der Waals surface area contributed by atoms with E-state index >= 15 is 0 Å². The molecule has 2 aromatic heterocycles. The van der Waals surface area contributed by atoms with E-state index in [1.165, 1.54) is 4.88 Å². The average molecular weight is 340 g/mol. The molecule has 124 valence electrons. The lowest BCUT2D eigenvalue weighted by molar-refractivity contribution is 0.0963. The molecule has 0 unspecified atom stereocenters. The molecule has 1 N–H and O–H groups in total. The van der Waals surface area contributed by atoms with E-state index in [1.54, 1.807) is 24.7 Å². The molecular formula is C18H20N4OS. The van der Waals surface area contributed by atoms with Gasteiger partial charge in [0.15, 0.2) is 0 Å². The maximum absolute atomic E-state index is 11.6. The van der Waals surface area contributed by atoms with Crippen LogP contribution in [0.25, 0.3) is 10.2 Å². The van der Waals surface area contributed by atoms with Crippen molar-refractivity contribution in [1.82, 2.24) is 15.3 Å². The third kappa shape index (κ3) is 3.23. The van der Waals surface area contributed by atoms with Gasteiger partial charge in [0.2, 0.25) is 0 Å². The number of rotatable bonds is 5. The topological polar surface area (TPSA) is 58.1 Å². The quantitative estimate of drug-likeness (QED) is 0.774. The summed E-state index contributed by atoms with van der Waals surface area (Å²) in [6, 6.07) is 9.82. The third-order valence-corrected chi connectivity index (χ3v) is 5.12. The van der Waals surface area contributed by atoms with E-state index < -0.39 is 0 Å². The summed E-state index contributed by atoms with van der Waals surface area (Å²) in [7, 11) is 3.66. The molecule has 24 heavy (non-hydrogen) atoms. The Balaban J connectivity index is 1.83. The fourth-order valence-electron chi connectivity index (χ4n) is 2.63. The van der Waals surface area contributed by atoms with Gasteiger partial charge in [0.05, 0.1) is 5.39 Å². The van der Waals surface area contributed by atoms with Crippen molar-refractivity contribution in [3.05, 3.63) is 52.7 Å². The third-order valence-electron chi connectivity index (χ3n) is 3.93. The van der Waals surface area contributed by atoms with Crippen LogP contribution in [0.3, 0.4) is 0 Å². The zero-order valence-electron chi connectivity index (χ0n) is 14.0. The molecule has 0 saturated carbocycles. The molecule has 3 aromatic rings. The van der Waals surface area contributed by atoms with Crippen molar-refractivity contribution in [3.8, 4) is 0 Å². The van der Waals surface area contributed by atoms with Gasteiger partial charge in [-0.3, -0.25) is 4.79 Å². The van der Waals surface area contributed by atoms with Gasteiger partial charge in [-0.15, -0.1) is 11.3 Å². The van der Waals surface area contributed by atoms with E-state index in [9.17, 15) is 4.79 Å². The van der Waals surface area contributed by atoms with Crippen molar-refractivity contribution in [2.45, 2.75) is 19.9 Å². The predicted molar refractivity (Wildman–Crippen MR) is 98.7 cm³/mol. The van der Waals surface area contributed by atoms with Crippen molar-refractivity contribution in [2.24, 2.45) is 0 Å². The van der Waals surface area contributed by atoms with E-state index in [0.29, 0.717) is 5.56 Å². The van der Waals surface area contributed by atoms with Gasteiger partial charge < -0.3 is 10.2 Å². The highest BCUT2D eigenvalue weighted by molar-refractivity contribution is 7.18. The van der Waals surface area contributed by atoms with E-state index in [1.807, 2.05) is 31.3 Å². The van der Waals surface area contributed by atoms with Gasteiger partial charge in [-0.1, -0.05) is 19.1 Å². The predicted octanol–water partition coefficient (Wildman–Crippen LogP) is 3.25. The van der Waals surface area contributed by atoms with Gasteiger partial charge in [-0.25, -0.2) is 9.97 Å². The highest BCUT2D eigenvalue weighted by atomic mass is 32.1. The van der Waals surface area contributed by atoms with Crippen LogP contribution in [0.5, 0.6) is 0 Å². The molecule has 0 saturated heterocycles. The molecule has 2 heterocycles. The Labute approximate surface area is 145 Å². The van der Waals surface area contributed by atoms with Gasteiger partial charge in [-0.2, -0.15) is 0 Å². The van der Waals surface area contributed by atoms with Crippen LogP contribution >= 0.6 is 11.3 Å². The summed E-state index contributed by atoms with van der Waals surface area (Å²) in [5.74, 6) is 0.865. The first-order chi connectivity index (χ1) is 11.6. The van der Waals surface area contributed by atoms with E-state index in [0.717, 1.165) is 34.6 Å². The molecule has 0 fully saturated rings. The maximum atomic E-state index is 11.6. The number of thiophene rings is 1. The Morgan fingerprint density at radius 3 is 2.67 bits per heavy atom. The Morgan fingerprint density at radius 2 is 2.00 bits per heavy atom. The van der Waals surface area contributed by atoms with Crippen LogP contribution in [0.15, 0.2) is 36.7 Å². The Bertz CT molecular complexity index is 857. The Morgan fingerprint density at radius 1 is 1.25 bits per heavy atom. The van der Waals surface area contributed by atoms with Crippen molar-refractivity contribution in [1.29, 1.82) is 0 Å². The molecule has 6 heteroatoms. The Hall–Kier alpha value is -2.47. The summed E-state index contributed by atoms with van der Waals surface area (Å²) in [5.41, 5.74) is 1.79. The van der Waals surface area contributed by atoms with Gasteiger partial charge in [0.1, 0.15) is 17.0 Å². The summed E-state index contributed by atoms with van der Waals surface area (Å²) in [6.07, 6.45) is 2.63. The number of amides is 1. The van der Waals surface area contributed by atoms with Crippen LogP contribution in [0.4, 0.5) is 5.82 Å². The molecule has 0 atom stereocenters. The summed E-state index contributed by atoms with van der Waals surface area (Å²) in [4.78, 5) is 24.9. The van der Waals surface area contributed by atoms with Crippen LogP contribution in [0.1, 0.15) is 27.7 Å². The van der Waals surface area contributed by atoms with Crippen LogP contribution < -0.4 is 10.2 Å². The lowest BCUT2D eigenvalue weighted by Crippen LogP contribution is -2.19. The molecule has 0 radical (unpaired) electrons. The van der Waals surface area contributed by atoms with E-state index in [4.69, 9.17) is 0 Å². The molecule has 0 aliphatic heterocycles. The van der Waals surface area contributed by atoms with Crippen LogP contribution in [0.2, 0.25) is 0 Å². The molecule has 0 aliphatic rings. The zero-order chi connectivity index (χ0) is 17.1. The molecule has 3 rings (SSSR count). The first-order valence-corrected chi connectivity index (χ1v) is 8.69. The summed E-state index contributed by atoms with van der Waals surface area (Å²) in [5, 5.41) is 3.73. The number of hydrogen-bond acceptors (Lipinski definition) is 5. The number of carbonyl (C=O) groups is 1. The smallest absolute Gasteiger partial charge is 0.251 e. The minimum Gasteiger partial charge on any atom is -0.355 e. The minimum atomic E-state index is -0.0715. The molecule has 1 aromatic carbocycles.